The van der Waals surface area contributed by atoms with Crippen molar-refractivity contribution in [3.63, 3.8) is 0 Å². The Hall–Kier alpha value is -3.25. The summed E-state index contributed by atoms with van der Waals surface area (Å²) in [6, 6.07) is 16.4. The molecule has 0 spiro atoms. The van der Waals surface area contributed by atoms with Gasteiger partial charge in [0.15, 0.2) is 0 Å². The van der Waals surface area contributed by atoms with E-state index in [1.165, 1.54) is 22.2 Å². The molecular formula is C25H26N4O2. The van der Waals surface area contributed by atoms with E-state index in [1.807, 2.05) is 24.3 Å². The molecule has 0 amide bonds. The highest BCUT2D eigenvalue weighted by molar-refractivity contribution is 5.97. The van der Waals surface area contributed by atoms with Crippen molar-refractivity contribution in [2.45, 2.75) is 18.9 Å². The molecule has 2 aromatic heterocycles. The van der Waals surface area contributed by atoms with Crippen LogP contribution in [0.25, 0.3) is 21.8 Å². The van der Waals surface area contributed by atoms with Crippen LogP contribution in [0.3, 0.4) is 0 Å². The molecule has 1 saturated heterocycles. The number of hydrogen-bond acceptors (Lipinski definition) is 4. The maximum atomic E-state index is 11.5. The SMILES string of the molecule is O=c1ccc2ccc(OCCCN3CCN4c5cccc6[nH]cc(c56)CC4C3)cc2[nH]1. The number of ether oxygens (including phenoxy) is 1. The number of aromatic nitrogens is 2. The monoisotopic (exact) mass is 414 g/mol. The van der Waals surface area contributed by atoms with Crippen molar-refractivity contribution in [2.75, 3.05) is 37.7 Å². The van der Waals surface area contributed by atoms with Crippen LogP contribution in [0.2, 0.25) is 0 Å². The standard InChI is InChI=1S/C25H26N4O2/c30-24-8-6-17-5-7-20(14-22(17)27-24)31-12-2-9-28-10-11-29-19(16-28)13-18-15-26-21-3-1-4-23(29)25(18)21/h1,3-8,14-15,19,26H,2,9-13,16H2,(H,27,30). The molecule has 0 radical (unpaired) electrons. The van der Waals surface area contributed by atoms with E-state index >= 15 is 0 Å². The number of piperazine rings is 1. The van der Waals surface area contributed by atoms with E-state index in [1.54, 1.807) is 6.07 Å². The minimum atomic E-state index is -0.0884. The average Bonchev–Trinajstić information content (AvgIpc) is 3.20. The summed E-state index contributed by atoms with van der Waals surface area (Å²) in [5.74, 6) is 0.805. The maximum absolute atomic E-state index is 11.5. The Kier molecular flexibility index (Phi) is 4.46. The summed E-state index contributed by atoms with van der Waals surface area (Å²) in [4.78, 5) is 23.0. The average molecular weight is 415 g/mol. The van der Waals surface area contributed by atoms with Crippen molar-refractivity contribution in [1.82, 2.24) is 14.9 Å². The Balaban J connectivity index is 1.05. The fourth-order valence-electron chi connectivity index (χ4n) is 5.20. The van der Waals surface area contributed by atoms with Gasteiger partial charge in [0.1, 0.15) is 5.75 Å². The zero-order valence-electron chi connectivity index (χ0n) is 17.4. The van der Waals surface area contributed by atoms with Gasteiger partial charge in [0.25, 0.3) is 0 Å². The van der Waals surface area contributed by atoms with Crippen LogP contribution in [0.1, 0.15) is 12.0 Å². The summed E-state index contributed by atoms with van der Waals surface area (Å²) in [5, 5.41) is 2.43. The van der Waals surface area contributed by atoms with Gasteiger partial charge >= 0.3 is 0 Å². The molecule has 4 aromatic rings. The first-order valence-corrected chi connectivity index (χ1v) is 11.1. The molecular weight excluding hydrogens is 388 g/mol. The van der Waals surface area contributed by atoms with Crippen molar-refractivity contribution < 1.29 is 4.74 Å². The van der Waals surface area contributed by atoms with Crippen LogP contribution >= 0.6 is 0 Å². The van der Waals surface area contributed by atoms with E-state index < -0.39 is 0 Å². The molecule has 0 saturated carbocycles. The summed E-state index contributed by atoms with van der Waals surface area (Å²) < 4.78 is 5.96. The first-order chi connectivity index (χ1) is 15.2. The largest absolute Gasteiger partial charge is 0.493 e. The Labute approximate surface area is 180 Å². The van der Waals surface area contributed by atoms with Crippen LogP contribution in [-0.4, -0.2) is 53.7 Å². The first-order valence-electron chi connectivity index (χ1n) is 11.1. The smallest absolute Gasteiger partial charge is 0.248 e. The molecule has 158 valence electrons. The van der Waals surface area contributed by atoms with Gasteiger partial charge in [-0.3, -0.25) is 9.69 Å². The molecule has 2 aliphatic heterocycles. The number of hydrogen-bond donors (Lipinski definition) is 2. The first kappa shape index (κ1) is 18.5. The third-order valence-electron chi connectivity index (χ3n) is 6.68. The highest BCUT2D eigenvalue weighted by Crippen LogP contribution is 2.37. The second-order valence-corrected chi connectivity index (χ2v) is 8.64. The minimum absolute atomic E-state index is 0.0884. The molecule has 2 aromatic carbocycles. The lowest BCUT2D eigenvalue weighted by atomic mass is 9.94. The number of rotatable bonds is 5. The Morgan fingerprint density at radius 3 is 2.97 bits per heavy atom. The molecule has 1 unspecified atom stereocenters. The summed E-state index contributed by atoms with van der Waals surface area (Å²) in [6.45, 7) is 4.98. The molecule has 1 atom stereocenters. The second-order valence-electron chi connectivity index (χ2n) is 8.64. The number of benzene rings is 2. The molecule has 31 heavy (non-hydrogen) atoms. The van der Waals surface area contributed by atoms with Crippen LogP contribution in [0.4, 0.5) is 5.69 Å². The fourth-order valence-corrected chi connectivity index (χ4v) is 5.20. The van der Waals surface area contributed by atoms with Gasteiger partial charge in [0.05, 0.1) is 12.1 Å². The Morgan fingerprint density at radius 2 is 2.00 bits per heavy atom. The van der Waals surface area contributed by atoms with Gasteiger partial charge in [-0.25, -0.2) is 0 Å². The van der Waals surface area contributed by atoms with Crippen LogP contribution in [0.5, 0.6) is 5.75 Å². The van der Waals surface area contributed by atoms with Crippen molar-refractivity contribution >= 4 is 27.5 Å². The molecule has 6 rings (SSSR count). The molecule has 0 aliphatic carbocycles. The van der Waals surface area contributed by atoms with E-state index in [2.05, 4.69) is 44.2 Å². The van der Waals surface area contributed by atoms with Crippen molar-refractivity contribution in [1.29, 1.82) is 0 Å². The van der Waals surface area contributed by atoms with E-state index in [9.17, 15) is 4.79 Å². The summed E-state index contributed by atoms with van der Waals surface area (Å²) in [7, 11) is 0. The van der Waals surface area contributed by atoms with Crippen LogP contribution in [0, 0.1) is 0 Å². The Morgan fingerprint density at radius 1 is 1.06 bits per heavy atom. The van der Waals surface area contributed by atoms with Gasteiger partial charge in [-0.15, -0.1) is 0 Å². The normalized spacial score (nSPS) is 18.5. The lowest BCUT2D eigenvalue weighted by Gasteiger charge is -2.45. The lowest BCUT2D eigenvalue weighted by molar-refractivity contribution is 0.199. The van der Waals surface area contributed by atoms with Crippen LogP contribution < -0.4 is 15.2 Å². The number of H-pyrrole nitrogens is 2. The van der Waals surface area contributed by atoms with Crippen molar-refractivity contribution in [3.05, 3.63) is 70.6 Å². The third-order valence-corrected chi connectivity index (χ3v) is 6.68. The van der Waals surface area contributed by atoms with Gasteiger partial charge in [-0.05, 0) is 54.1 Å². The van der Waals surface area contributed by atoms with E-state index in [0.717, 1.165) is 55.7 Å². The van der Waals surface area contributed by atoms with Gasteiger partial charge in [-0.1, -0.05) is 6.07 Å². The number of pyridine rings is 1. The number of fused-ring (bicyclic) bond motifs is 3. The number of anilines is 1. The summed E-state index contributed by atoms with van der Waals surface area (Å²) in [5.41, 5.74) is 4.82. The Bertz CT molecular complexity index is 1310. The predicted molar refractivity (Wildman–Crippen MR) is 124 cm³/mol. The molecule has 1 fully saturated rings. The van der Waals surface area contributed by atoms with E-state index in [4.69, 9.17) is 4.74 Å². The van der Waals surface area contributed by atoms with Gasteiger partial charge in [-0.2, -0.15) is 0 Å². The van der Waals surface area contributed by atoms with Crippen LogP contribution in [-0.2, 0) is 6.42 Å². The number of aromatic amines is 2. The summed E-state index contributed by atoms with van der Waals surface area (Å²) >= 11 is 0. The zero-order valence-corrected chi connectivity index (χ0v) is 17.4. The third kappa shape index (κ3) is 3.37. The molecule has 0 bridgehead atoms. The molecule has 2 aliphatic rings. The van der Waals surface area contributed by atoms with Crippen molar-refractivity contribution in [2.24, 2.45) is 0 Å². The van der Waals surface area contributed by atoms with E-state index in [0.29, 0.717) is 12.6 Å². The minimum Gasteiger partial charge on any atom is -0.493 e. The topological polar surface area (TPSA) is 64.4 Å². The van der Waals surface area contributed by atoms with Crippen molar-refractivity contribution in [3.8, 4) is 5.75 Å². The summed E-state index contributed by atoms with van der Waals surface area (Å²) in [6.07, 6.45) is 4.29. The highest BCUT2D eigenvalue weighted by Gasteiger charge is 2.32. The molecule has 6 heteroatoms. The number of nitrogens with one attached hydrogen (secondary N) is 2. The van der Waals surface area contributed by atoms with Gasteiger partial charge in [0, 0.05) is 67.1 Å². The van der Waals surface area contributed by atoms with Gasteiger partial charge in [0.2, 0.25) is 5.56 Å². The quantitative estimate of drug-likeness (QED) is 0.491. The second kappa shape index (κ2) is 7.46. The maximum Gasteiger partial charge on any atom is 0.248 e. The lowest BCUT2D eigenvalue weighted by Crippen LogP contribution is -2.55. The number of nitrogens with zero attached hydrogens (tertiary/aromatic N) is 2. The highest BCUT2D eigenvalue weighted by atomic mass is 16.5. The van der Waals surface area contributed by atoms with Crippen LogP contribution in [0.15, 0.2) is 59.5 Å². The van der Waals surface area contributed by atoms with Gasteiger partial charge < -0.3 is 19.6 Å². The van der Waals surface area contributed by atoms with E-state index in [-0.39, 0.29) is 5.56 Å². The fraction of sp³-hybridized carbons (Fsp3) is 0.320. The molecule has 6 nitrogen and oxygen atoms in total. The predicted octanol–water partition coefficient (Wildman–Crippen LogP) is 3.53. The molecule has 4 heterocycles. The zero-order chi connectivity index (χ0) is 20.8. The molecule has 2 N–H and O–H groups in total.